The van der Waals surface area contributed by atoms with Crippen LogP contribution in [0.4, 0.5) is 13.2 Å². The molecule has 0 aliphatic carbocycles. The second kappa shape index (κ2) is 3.90. The van der Waals surface area contributed by atoms with Crippen LogP contribution in [0.25, 0.3) is 0 Å². The predicted molar refractivity (Wildman–Crippen MR) is 51.7 cm³/mol. The Morgan fingerprint density at radius 2 is 1.93 bits per heavy atom. The van der Waals surface area contributed by atoms with E-state index in [-0.39, 0.29) is 5.56 Å². The molecule has 1 aromatic rings. The molecule has 0 saturated heterocycles. The average Bonchev–Trinajstić information content (AvgIpc) is 2.01. The van der Waals surface area contributed by atoms with Gasteiger partial charge in [-0.15, -0.1) is 0 Å². The standard InChI is InChI=1S/C9H9BrF3N/c1-5(14)7-3-2-6(10)4-8(7)9(11,12)13/h2-5H,14H2,1H3/t5-/m1/s1. The van der Waals surface area contributed by atoms with Crippen molar-refractivity contribution in [2.45, 2.75) is 19.1 Å². The fourth-order valence-electron chi connectivity index (χ4n) is 1.17. The first-order valence-corrected chi connectivity index (χ1v) is 4.74. The van der Waals surface area contributed by atoms with Gasteiger partial charge in [-0.25, -0.2) is 0 Å². The molecule has 0 aromatic heterocycles. The van der Waals surface area contributed by atoms with E-state index in [1.165, 1.54) is 13.0 Å². The zero-order valence-corrected chi connectivity index (χ0v) is 8.98. The first kappa shape index (κ1) is 11.5. The Labute approximate surface area is 88.2 Å². The Kier molecular flexibility index (Phi) is 3.21. The van der Waals surface area contributed by atoms with Crippen molar-refractivity contribution in [1.82, 2.24) is 0 Å². The molecule has 0 fully saturated rings. The van der Waals surface area contributed by atoms with Gasteiger partial charge in [-0.1, -0.05) is 22.0 Å². The van der Waals surface area contributed by atoms with E-state index < -0.39 is 17.8 Å². The van der Waals surface area contributed by atoms with E-state index >= 15 is 0 Å². The van der Waals surface area contributed by atoms with E-state index in [0.29, 0.717) is 4.47 Å². The fraction of sp³-hybridized carbons (Fsp3) is 0.333. The lowest BCUT2D eigenvalue weighted by atomic mass is 10.0. The first-order chi connectivity index (χ1) is 6.32. The van der Waals surface area contributed by atoms with Crippen molar-refractivity contribution in [3.63, 3.8) is 0 Å². The maximum atomic E-state index is 12.5. The number of halogens is 4. The molecule has 0 amide bonds. The van der Waals surface area contributed by atoms with Gasteiger partial charge < -0.3 is 5.73 Å². The molecule has 1 nitrogen and oxygen atoms in total. The van der Waals surface area contributed by atoms with Gasteiger partial charge in [0, 0.05) is 10.5 Å². The van der Waals surface area contributed by atoms with E-state index in [4.69, 9.17) is 5.73 Å². The van der Waals surface area contributed by atoms with Crippen LogP contribution in [0.3, 0.4) is 0 Å². The lowest BCUT2D eigenvalue weighted by Crippen LogP contribution is -2.15. The second-order valence-corrected chi connectivity index (χ2v) is 3.93. The van der Waals surface area contributed by atoms with E-state index in [2.05, 4.69) is 15.9 Å². The molecule has 0 spiro atoms. The van der Waals surface area contributed by atoms with Crippen LogP contribution >= 0.6 is 15.9 Å². The van der Waals surface area contributed by atoms with Crippen LogP contribution in [0.2, 0.25) is 0 Å². The van der Waals surface area contributed by atoms with Crippen molar-refractivity contribution in [2.24, 2.45) is 5.73 Å². The molecular formula is C9H9BrF3N. The molecule has 2 N–H and O–H groups in total. The lowest BCUT2D eigenvalue weighted by molar-refractivity contribution is -0.138. The summed E-state index contributed by atoms with van der Waals surface area (Å²) >= 11 is 3.00. The van der Waals surface area contributed by atoms with Crippen LogP contribution in [-0.4, -0.2) is 0 Å². The van der Waals surface area contributed by atoms with Crippen LogP contribution in [-0.2, 0) is 6.18 Å². The topological polar surface area (TPSA) is 26.0 Å². The van der Waals surface area contributed by atoms with Gasteiger partial charge in [0.15, 0.2) is 0 Å². The summed E-state index contributed by atoms with van der Waals surface area (Å²) in [6, 6.07) is 3.35. The van der Waals surface area contributed by atoms with Gasteiger partial charge in [-0.2, -0.15) is 13.2 Å². The fourth-order valence-corrected chi connectivity index (χ4v) is 1.53. The van der Waals surface area contributed by atoms with Crippen LogP contribution < -0.4 is 5.73 Å². The summed E-state index contributed by atoms with van der Waals surface area (Å²) in [6.07, 6.45) is -4.35. The van der Waals surface area contributed by atoms with Gasteiger partial charge in [0.05, 0.1) is 5.56 Å². The third kappa shape index (κ3) is 2.48. The molecule has 0 bridgehead atoms. The molecule has 14 heavy (non-hydrogen) atoms. The van der Waals surface area contributed by atoms with Crippen molar-refractivity contribution in [3.05, 3.63) is 33.8 Å². The van der Waals surface area contributed by atoms with Gasteiger partial charge in [0.25, 0.3) is 0 Å². The highest BCUT2D eigenvalue weighted by Crippen LogP contribution is 2.35. The van der Waals surface area contributed by atoms with E-state index in [1.807, 2.05) is 0 Å². The molecule has 0 aliphatic heterocycles. The number of rotatable bonds is 1. The molecule has 1 aromatic carbocycles. The van der Waals surface area contributed by atoms with Crippen molar-refractivity contribution < 1.29 is 13.2 Å². The molecular weight excluding hydrogens is 259 g/mol. The van der Waals surface area contributed by atoms with Crippen LogP contribution in [0.15, 0.2) is 22.7 Å². The van der Waals surface area contributed by atoms with Gasteiger partial charge in [0.2, 0.25) is 0 Å². The highest BCUT2D eigenvalue weighted by Gasteiger charge is 2.34. The van der Waals surface area contributed by atoms with Gasteiger partial charge in [-0.3, -0.25) is 0 Å². The second-order valence-electron chi connectivity index (χ2n) is 3.02. The van der Waals surface area contributed by atoms with Crippen LogP contribution in [0, 0.1) is 0 Å². The summed E-state index contributed by atoms with van der Waals surface area (Å²) in [4.78, 5) is 0. The molecule has 0 heterocycles. The third-order valence-electron chi connectivity index (χ3n) is 1.81. The summed E-state index contributed by atoms with van der Waals surface area (Å²) in [7, 11) is 0. The Morgan fingerprint density at radius 3 is 2.36 bits per heavy atom. The minimum absolute atomic E-state index is 0.112. The summed E-state index contributed by atoms with van der Waals surface area (Å²) in [5, 5.41) is 0. The summed E-state index contributed by atoms with van der Waals surface area (Å²) in [6.45, 7) is 1.53. The average molecular weight is 268 g/mol. The number of hydrogen-bond donors (Lipinski definition) is 1. The monoisotopic (exact) mass is 267 g/mol. The SMILES string of the molecule is C[C@@H](N)c1ccc(Br)cc1C(F)(F)F. The molecule has 0 radical (unpaired) electrons. The zero-order valence-electron chi connectivity index (χ0n) is 7.40. The minimum atomic E-state index is -4.35. The van der Waals surface area contributed by atoms with Crippen molar-refractivity contribution in [1.29, 1.82) is 0 Å². The number of benzene rings is 1. The number of nitrogens with two attached hydrogens (primary N) is 1. The van der Waals surface area contributed by atoms with E-state index in [9.17, 15) is 13.2 Å². The van der Waals surface area contributed by atoms with E-state index in [1.54, 1.807) is 6.07 Å². The van der Waals surface area contributed by atoms with Gasteiger partial charge in [-0.05, 0) is 24.6 Å². The molecule has 78 valence electrons. The Hall–Kier alpha value is -0.550. The summed E-state index contributed by atoms with van der Waals surface area (Å²) in [5.41, 5.74) is 4.88. The largest absolute Gasteiger partial charge is 0.416 e. The first-order valence-electron chi connectivity index (χ1n) is 3.94. The highest BCUT2D eigenvalue weighted by molar-refractivity contribution is 9.10. The van der Waals surface area contributed by atoms with Crippen molar-refractivity contribution in [2.75, 3.05) is 0 Å². The molecule has 0 unspecified atom stereocenters. The van der Waals surface area contributed by atoms with Crippen LogP contribution in [0.1, 0.15) is 24.1 Å². The Balaban J connectivity index is 3.30. The molecule has 1 atom stereocenters. The predicted octanol–water partition coefficient (Wildman–Crippen LogP) is 3.49. The van der Waals surface area contributed by atoms with Gasteiger partial charge >= 0.3 is 6.18 Å². The lowest BCUT2D eigenvalue weighted by Gasteiger charge is -2.15. The Morgan fingerprint density at radius 1 is 1.36 bits per heavy atom. The smallest absolute Gasteiger partial charge is 0.324 e. The Bertz CT molecular complexity index is 333. The molecule has 1 rings (SSSR count). The summed E-state index contributed by atoms with van der Waals surface area (Å²) in [5.74, 6) is 0. The normalized spacial score (nSPS) is 14.1. The third-order valence-corrected chi connectivity index (χ3v) is 2.30. The maximum absolute atomic E-state index is 12.5. The number of hydrogen-bond acceptors (Lipinski definition) is 1. The maximum Gasteiger partial charge on any atom is 0.416 e. The molecule has 0 saturated carbocycles. The minimum Gasteiger partial charge on any atom is -0.324 e. The summed E-state index contributed by atoms with van der Waals surface area (Å²) < 4.78 is 37.9. The van der Waals surface area contributed by atoms with Crippen LogP contribution in [0.5, 0.6) is 0 Å². The highest BCUT2D eigenvalue weighted by atomic mass is 79.9. The zero-order chi connectivity index (χ0) is 10.9. The van der Waals surface area contributed by atoms with Crippen molar-refractivity contribution in [3.8, 4) is 0 Å². The molecule has 0 aliphatic rings. The van der Waals surface area contributed by atoms with E-state index in [0.717, 1.165) is 6.07 Å². The van der Waals surface area contributed by atoms with Crippen molar-refractivity contribution >= 4 is 15.9 Å². The number of alkyl halides is 3. The molecule has 5 heteroatoms. The van der Waals surface area contributed by atoms with Gasteiger partial charge in [0.1, 0.15) is 0 Å². The quantitative estimate of drug-likeness (QED) is 0.828.